The van der Waals surface area contributed by atoms with Crippen LogP contribution in [0.1, 0.15) is 32.1 Å². The highest BCUT2D eigenvalue weighted by Crippen LogP contribution is 2.35. The van der Waals surface area contributed by atoms with Crippen molar-refractivity contribution in [2.24, 2.45) is 5.92 Å². The van der Waals surface area contributed by atoms with Crippen LogP contribution in [0.15, 0.2) is 0 Å². The van der Waals surface area contributed by atoms with Gasteiger partial charge in [0.05, 0.1) is 13.7 Å². The van der Waals surface area contributed by atoms with E-state index in [-0.39, 0.29) is 12.1 Å². The Hall–Kier alpha value is -0.610. The lowest BCUT2D eigenvalue weighted by Gasteiger charge is -2.25. The molecule has 92 valence electrons. The van der Waals surface area contributed by atoms with Gasteiger partial charge in [-0.25, -0.2) is 4.79 Å². The normalized spacial score (nSPS) is 27.4. The highest BCUT2D eigenvalue weighted by molar-refractivity contribution is 5.75. The van der Waals surface area contributed by atoms with Gasteiger partial charge in [0.15, 0.2) is 6.10 Å². The molecule has 0 aromatic heterocycles. The number of esters is 1. The predicted octanol–water partition coefficient (Wildman–Crippen LogP) is 1.10. The highest BCUT2D eigenvalue weighted by Gasteiger charge is 2.38. The van der Waals surface area contributed by atoms with Crippen molar-refractivity contribution < 1.29 is 14.3 Å². The molecule has 1 N–H and O–H groups in total. The third-order valence-electron chi connectivity index (χ3n) is 3.37. The topological polar surface area (TPSA) is 47.6 Å². The van der Waals surface area contributed by atoms with E-state index < -0.39 is 0 Å². The lowest BCUT2D eigenvalue weighted by Crippen LogP contribution is -2.40. The molecule has 2 aliphatic rings. The van der Waals surface area contributed by atoms with Crippen LogP contribution in [0.5, 0.6) is 0 Å². The second kappa shape index (κ2) is 5.64. The van der Waals surface area contributed by atoms with Crippen LogP contribution in [0.3, 0.4) is 0 Å². The summed E-state index contributed by atoms with van der Waals surface area (Å²) in [6.07, 6.45) is 5.52. The zero-order valence-corrected chi connectivity index (χ0v) is 9.91. The van der Waals surface area contributed by atoms with Gasteiger partial charge in [-0.15, -0.1) is 0 Å². The van der Waals surface area contributed by atoms with E-state index in [2.05, 4.69) is 5.32 Å². The number of ether oxygens (including phenoxy) is 2. The monoisotopic (exact) mass is 227 g/mol. The molecular weight excluding hydrogens is 206 g/mol. The summed E-state index contributed by atoms with van der Waals surface area (Å²) in [7, 11) is 1.43. The highest BCUT2D eigenvalue weighted by atomic mass is 16.6. The first-order chi connectivity index (χ1) is 7.81. The summed E-state index contributed by atoms with van der Waals surface area (Å²) in [5.41, 5.74) is 0. The number of hydrogen-bond acceptors (Lipinski definition) is 4. The van der Waals surface area contributed by atoms with Crippen LogP contribution in [0.4, 0.5) is 0 Å². The van der Waals surface area contributed by atoms with Gasteiger partial charge in [-0.05, 0) is 38.1 Å². The summed E-state index contributed by atoms with van der Waals surface area (Å²) in [4.78, 5) is 11.5. The molecule has 0 radical (unpaired) electrons. The molecule has 2 unspecified atom stereocenters. The molecule has 2 atom stereocenters. The first kappa shape index (κ1) is 11.9. The SMILES string of the molecule is COC(=O)C(OCC1CCCCN1)C1CC1. The van der Waals surface area contributed by atoms with Crippen molar-refractivity contribution in [1.29, 1.82) is 0 Å². The molecule has 2 fully saturated rings. The Balaban J connectivity index is 1.74. The zero-order chi connectivity index (χ0) is 11.4. The molecule has 1 heterocycles. The Morgan fingerprint density at radius 3 is 2.75 bits per heavy atom. The average Bonchev–Trinajstić information content (AvgIpc) is 3.15. The number of nitrogens with one attached hydrogen (secondary N) is 1. The molecule has 1 saturated carbocycles. The van der Waals surface area contributed by atoms with Crippen molar-refractivity contribution in [3.63, 3.8) is 0 Å². The van der Waals surface area contributed by atoms with E-state index in [1.54, 1.807) is 0 Å². The minimum Gasteiger partial charge on any atom is -0.467 e. The molecule has 2 rings (SSSR count). The number of carbonyl (C=O) groups is 1. The van der Waals surface area contributed by atoms with E-state index in [0.29, 0.717) is 18.6 Å². The molecule has 1 saturated heterocycles. The second-order valence-corrected chi connectivity index (χ2v) is 4.76. The molecular formula is C12H21NO3. The molecule has 0 aromatic carbocycles. The summed E-state index contributed by atoms with van der Waals surface area (Å²) in [5, 5.41) is 3.41. The van der Waals surface area contributed by atoms with Crippen LogP contribution in [0.25, 0.3) is 0 Å². The molecule has 1 aliphatic carbocycles. The molecule has 0 bridgehead atoms. The fourth-order valence-corrected chi connectivity index (χ4v) is 2.20. The fraction of sp³-hybridized carbons (Fsp3) is 0.917. The lowest BCUT2D eigenvalue weighted by atomic mass is 10.1. The van der Waals surface area contributed by atoms with Gasteiger partial charge >= 0.3 is 5.97 Å². The summed E-state index contributed by atoms with van der Waals surface area (Å²) >= 11 is 0. The fourth-order valence-electron chi connectivity index (χ4n) is 2.20. The second-order valence-electron chi connectivity index (χ2n) is 4.76. The summed E-state index contributed by atoms with van der Waals surface area (Å²) in [5.74, 6) is 0.189. The van der Waals surface area contributed by atoms with E-state index >= 15 is 0 Å². The van der Waals surface area contributed by atoms with Gasteiger partial charge in [-0.2, -0.15) is 0 Å². The maximum atomic E-state index is 11.5. The van der Waals surface area contributed by atoms with Crippen molar-refractivity contribution >= 4 is 5.97 Å². The molecule has 0 aromatic rings. The quantitative estimate of drug-likeness (QED) is 0.714. The van der Waals surface area contributed by atoms with E-state index in [9.17, 15) is 4.79 Å². The van der Waals surface area contributed by atoms with Gasteiger partial charge < -0.3 is 14.8 Å². The number of hydrogen-bond donors (Lipinski definition) is 1. The van der Waals surface area contributed by atoms with Crippen LogP contribution >= 0.6 is 0 Å². The first-order valence-corrected chi connectivity index (χ1v) is 6.24. The molecule has 4 nitrogen and oxygen atoms in total. The van der Waals surface area contributed by atoms with E-state index in [4.69, 9.17) is 9.47 Å². The van der Waals surface area contributed by atoms with E-state index in [0.717, 1.165) is 25.8 Å². The standard InChI is InChI=1S/C12H21NO3/c1-15-12(14)11(9-5-6-9)16-8-10-4-2-3-7-13-10/h9-11,13H,2-8H2,1H3. The molecule has 16 heavy (non-hydrogen) atoms. The maximum Gasteiger partial charge on any atom is 0.335 e. The molecule has 0 amide bonds. The maximum absolute atomic E-state index is 11.5. The Kier molecular flexibility index (Phi) is 4.18. The smallest absolute Gasteiger partial charge is 0.335 e. The van der Waals surface area contributed by atoms with Crippen molar-refractivity contribution in [2.75, 3.05) is 20.3 Å². The summed E-state index contributed by atoms with van der Waals surface area (Å²) < 4.78 is 10.5. The van der Waals surface area contributed by atoms with Gasteiger partial charge in [-0.1, -0.05) is 6.42 Å². The summed E-state index contributed by atoms with van der Waals surface area (Å²) in [6.45, 7) is 1.70. The van der Waals surface area contributed by atoms with Crippen LogP contribution in [-0.4, -0.2) is 38.4 Å². The average molecular weight is 227 g/mol. The van der Waals surface area contributed by atoms with Gasteiger partial charge in [0, 0.05) is 6.04 Å². The number of rotatable bonds is 5. The van der Waals surface area contributed by atoms with E-state index in [1.165, 1.54) is 20.0 Å². The van der Waals surface area contributed by atoms with Gasteiger partial charge in [0.1, 0.15) is 0 Å². The van der Waals surface area contributed by atoms with Crippen molar-refractivity contribution in [3.05, 3.63) is 0 Å². The Morgan fingerprint density at radius 1 is 1.38 bits per heavy atom. The number of methoxy groups -OCH3 is 1. The summed E-state index contributed by atoms with van der Waals surface area (Å²) in [6, 6.07) is 0.416. The van der Waals surface area contributed by atoms with Crippen LogP contribution in [-0.2, 0) is 14.3 Å². The largest absolute Gasteiger partial charge is 0.467 e. The van der Waals surface area contributed by atoms with Crippen LogP contribution in [0, 0.1) is 5.92 Å². The molecule has 1 aliphatic heterocycles. The van der Waals surface area contributed by atoms with Crippen molar-refractivity contribution in [3.8, 4) is 0 Å². The van der Waals surface area contributed by atoms with Crippen LogP contribution in [0.2, 0.25) is 0 Å². The first-order valence-electron chi connectivity index (χ1n) is 6.24. The van der Waals surface area contributed by atoms with Gasteiger partial charge in [0.2, 0.25) is 0 Å². The minimum atomic E-state index is -0.325. The molecule has 4 heteroatoms. The van der Waals surface area contributed by atoms with Gasteiger partial charge in [-0.3, -0.25) is 0 Å². The Bertz CT molecular complexity index is 234. The van der Waals surface area contributed by atoms with Crippen molar-refractivity contribution in [2.45, 2.75) is 44.2 Å². The predicted molar refractivity (Wildman–Crippen MR) is 60.1 cm³/mol. The third-order valence-corrected chi connectivity index (χ3v) is 3.37. The minimum absolute atomic E-state index is 0.210. The van der Waals surface area contributed by atoms with Crippen LogP contribution < -0.4 is 5.32 Å². The molecule has 0 spiro atoms. The third kappa shape index (κ3) is 3.19. The van der Waals surface area contributed by atoms with E-state index in [1.807, 2.05) is 0 Å². The van der Waals surface area contributed by atoms with Crippen molar-refractivity contribution in [1.82, 2.24) is 5.32 Å². The lowest BCUT2D eigenvalue weighted by molar-refractivity contribution is -0.156. The zero-order valence-electron chi connectivity index (χ0n) is 9.91. The Morgan fingerprint density at radius 2 is 2.19 bits per heavy atom. The number of carbonyl (C=O) groups excluding carboxylic acids is 1. The van der Waals surface area contributed by atoms with Gasteiger partial charge in [0.25, 0.3) is 0 Å². The number of piperidine rings is 1. The Labute approximate surface area is 96.7 Å².